The molecule has 5 heteroatoms. The molecular formula is C20H18N2O3. The molecule has 0 saturated carbocycles. The zero-order valence-corrected chi connectivity index (χ0v) is 13.8. The van der Waals surface area contributed by atoms with Crippen molar-refractivity contribution in [2.45, 2.75) is 0 Å². The Morgan fingerprint density at radius 2 is 1.64 bits per heavy atom. The van der Waals surface area contributed by atoms with Crippen LogP contribution in [0.15, 0.2) is 66.7 Å². The summed E-state index contributed by atoms with van der Waals surface area (Å²) in [5, 5.41) is 7.41. The van der Waals surface area contributed by atoms with E-state index in [4.69, 9.17) is 4.74 Å². The van der Waals surface area contributed by atoms with Gasteiger partial charge in [-0.25, -0.2) is 0 Å². The maximum atomic E-state index is 12.1. The number of carbonyl (C=O) groups excluding carboxylic acids is 2. The lowest BCUT2D eigenvalue weighted by atomic mass is 10.1. The number of hydrogen-bond acceptors (Lipinski definition) is 3. The van der Waals surface area contributed by atoms with E-state index >= 15 is 0 Å². The largest absolute Gasteiger partial charge is 0.484 e. The first-order valence-electron chi connectivity index (χ1n) is 7.90. The van der Waals surface area contributed by atoms with E-state index in [2.05, 4.69) is 10.6 Å². The lowest BCUT2D eigenvalue weighted by molar-refractivity contribution is -0.118. The highest BCUT2D eigenvalue weighted by Crippen LogP contribution is 2.20. The molecule has 0 aliphatic heterocycles. The molecule has 2 N–H and O–H groups in total. The first-order chi connectivity index (χ1) is 12.2. The first-order valence-corrected chi connectivity index (χ1v) is 7.90. The van der Waals surface area contributed by atoms with Crippen molar-refractivity contribution in [3.63, 3.8) is 0 Å². The molecule has 0 fully saturated rings. The van der Waals surface area contributed by atoms with E-state index in [9.17, 15) is 9.59 Å². The Labute approximate surface area is 145 Å². The lowest BCUT2D eigenvalue weighted by Crippen LogP contribution is -2.24. The average molecular weight is 334 g/mol. The predicted octanol–water partition coefficient (Wildman–Crippen LogP) is 3.22. The standard InChI is InChI=1S/C20H18N2O3/c1-21-20(24)17-8-4-5-9-18(17)22-19(23)13-25-16-11-10-14-6-2-3-7-15(14)12-16/h2-12H,13H2,1H3,(H,21,24)(H,22,23). The van der Waals surface area contributed by atoms with E-state index in [1.807, 2.05) is 42.5 Å². The van der Waals surface area contributed by atoms with Crippen molar-refractivity contribution >= 4 is 28.3 Å². The molecule has 25 heavy (non-hydrogen) atoms. The number of rotatable bonds is 5. The van der Waals surface area contributed by atoms with Crippen molar-refractivity contribution < 1.29 is 14.3 Å². The molecule has 0 bridgehead atoms. The molecule has 0 spiro atoms. The molecule has 2 amide bonds. The number of nitrogens with one attached hydrogen (secondary N) is 2. The van der Waals surface area contributed by atoms with Gasteiger partial charge in [0.1, 0.15) is 5.75 Å². The van der Waals surface area contributed by atoms with Crippen LogP contribution in [0.4, 0.5) is 5.69 Å². The van der Waals surface area contributed by atoms with Crippen LogP contribution in [-0.4, -0.2) is 25.5 Å². The second-order valence-corrected chi connectivity index (χ2v) is 5.47. The smallest absolute Gasteiger partial charge is 0.262 e. The third-order valence-electron chi connectivity index (χ3n) is 3.76. The first kappa shape index (κ1) is 16.5. The molecular weight excluding hydrogens is 316 g/mol. The van der Waals surface area contributed by atoms with Gasteiger partial charge in [-0.15, -0.1) is 0 Å². The van der Waals surface area contributed by atoms with Gasteiger partial charge in [0, 0.05) is 7.05 Å². The van der Waals surface area contributed by atoms with Crippen molar-refractivity contribution in [2.24, 2.45) is 0 Å². The molecule has 3 aromatic rings. The summed E-state index contributed by atoms with van der Waals surface area (Å²) in [4.78, 5) is 24.0. The highest BCUT2D eigenvalue weighted by atomic mass is 16.5. The van der Waals surface area contributed by atoms with Gasteiger partial charge < -0.3 is 15.4 Å². The van der Waals surface area contributed by atoms with Gasteiger partial charge in [-0.1, -0.05) is 42.5 Å². The number of hydrogen-bond donors (Lipinski definition) is 2. The minimum absolute atomic E-state index is 0.138. The maximum absolute atomic E-state index is 12.1. The summed E-state index contributed by atoms with van der Waals surface area (Å²) in [6.45, 7) is -0.138. The number of fused-ring (bicyclic) bond motifs is 1. The van der Waals surface area contributed by atoms with E-state index in [-0.39, 0.29) is 18.4 Å². The normalized spacial score (nSPS) is 10.3. The van der Waals surface area contributed by atoms with Crippen LogP contribution in [0.2, 0.25) is 0 Å². The maximum Gasteiger partial charge on any atom is 0.262 e. The van der Waals surface area contributed by atoms with Crippen LogP contribution in [0, 0.1) is 0 Å². The quantitative estimate of drug-likeness (QED) is 0.753. The summed E-state index contributed by atoms with van der Waals surface area (Å²) in [5.74, 6) is 0.0318. The van der Waals surface area contributed by atoms with Gasteiger partial charge in [-0.3, -0.25) is 9.59 Å². The van der Waals surface area contributed by atoms with E-state index < -0.39 is 0 Å². The molecule has 0 heterocycles. The van der Waals surface area contributed by atoms with Gasteiger partial charge in [-0.05, 0) is 35.0 Å². The van der Waals surface area contributed by atoms with Gasteiger partial charge in [-0.2, -0.15) is 0 Å². The summed E-state index contributed by atoms with van der Waals surface area (Å²) < 4.78 is 5.56. The third-order valence-corrected chi connectivity index (χ3v) is 3.76. The third kappa shape index (κ3) is 3.95. The fraction of sp³-hybridized carbons (Fsp3) is 0.100. The van der Waals surface area contributed by atoms with Crippen LogP contribution in [-0.2, 0) is 4.79 Å². The Hall–Kier alpha value is -3.34. The molecule has 0 unspecified atom stereocenters. The molecule has 3 rings (SSSR count). The lowest BCUT2D eigenvalue weighted by Gasteiger charge is -2.11. The van der Waals surface area contributed by atoms with Crippen LogP contribution in [0.3, 0.4) is 0 Å². The Bertz CT molecular complexity index is 921. The van der Waals surface area contributed by atoms with Gasteiger partial charge in [0.15, 0.2) is 6.61 Å². The van der Waals surface area contributed by atoms with Crippen LogP contribution < -0.4 is 15.4 Å². The highest BCUT2D eigenvalue weighted by Gasteiger charge is 2.12. The molecule has 0 aliphatic carbocycles. The second kappa shape index (κ2) is 7.49. The molecule has 3 aromatic carbocycles. The highest BCUT2D eigenvalue weighted by molar-refractivity contribution is 6.03. The number of benzene rings is 3. The number of para-hydroxylation sites is 1. The van der Waals surface area contributed by atoms with Gasteiger partial charge in [0.05, 0.1) is 11.3 Å². The van der Waals surface area contributed by atoms with Crippen molar-refractivity contribution in [1.82, 2.24) is 5.32 Å². The summed E-state index contributed by atoms with van der Waals surface area (Å²) in [6, 6.07) is 20.4. The van der Waals surface area contributed by atoms with Crippen molar-refractivity contribution in [3.05, 3.63) is 72.3 Å². The molecule has 126 valence electrons. The second-order valence-electron chi connectivity index (χ2n) is 5.47. The Kier molecular flexibility index (Phi) is 4.95. The minimum Gasteiger partial charge on any atom is -0.484 e. The molecule has 0 aromatic heterocycles. The predicted molar refractivity (Wildman–Crippen MR) is 97.9 cm³/mol. The summed E-state index contributed by atoms with van der Waals surface area (Å²) >= 11 is 0. The van der Waals surface area contributed by atoms with Crippen molar-refractivity contribution in [2.75, 3.05) is 19.0 Å². The van der Waals surface area contributed by atoms with E-state index in [0.717, 1.165) is 10.8 Å². The number of anilines is 1. The molecule has 0 saturated heterocycles. The fourth-order valence-electron chi connectivity index (χ4n) is 2.52. The monoisotopic (exact) mass is 334 g/mol. The number of ether oxygens (including phenoxy) is 1. The zero-order chi connectivity index (χ0) is 17.6. The minimum atomic E-state index is -0.329. The topological polar surface area (TPSA) is 67.4 Å². The van der Waals surface area contributed by atoms with Crippen LogP contribution in [0.5, 0.6) is 5.75 Å². The molecule has 0 aliphatic rings. The van der Waals surface area contributed by atoms with Crippen molar-refractivity contribution in [3.8, 4) is 5.75 Å². The van der Waals surface area contributed by atoms with Crippen molar-refractivity contribution in [1.29, 1.82) is 0 Å². The number of carbonyl (C=O) groups is 2. The molecule has 0 atom stereocenters. The van der Waals surface area contributed by atoms with E-state index in [1.165, 1.54) is 0 Å². The summed E-state index contributed by atoms with van der Waals surface area (Å²) in [5.41, 5.74) is 0.859. The average Bonchev–Trinajstić information content (AvgIpc) is 2.66. The zero-order valence-electron chi connectivity index (χ0n) is 13.8. The van der Waals surface area contributed by atoms with Crippen LogP contribution >= 0.6 is 0 Å². The van der Waals surface area contributed by atoms with Gasteiger partial charge >= 0.3 is 0 Å². The van der Waals surface area contributed by atoms with Crippen LogP contribution in [0.25, 0.3) is 10.8 Å². The van der Waals surface area contributed by atoms with Gasteiger partial charge in [0.25, 0.3) is 11.8 Å². The van der Waals surface area contributed by atoms with Crippen LogP contribution in [0.1, 0.15) is 10.4 Å². The van der Waals surface area contributed by atoms with E-state index in [1.54, 1.807) is 31.3 Å². The summed E-state index contributed by atoms with van der Waals surface area (Å²) in [7, 11) is 1.55. The molecule has 5 nitrogen and oxygen atoms in total. The SMILES string of the molecule is CNC(=O)c1ccccc1NC(=O)COc1ccc2ccccc2c1. The molecule has 0 radical (unpaired) electrons. The Morgan fingerprint density at radius 1 is 0.920 bits per heavy atom. The Balaban J connectivity index is 1.66. The fourth-order valence-corrected chi connectivity index (χ4v) is 2.52. The number of amides is 2. The van der Waals surface area contributed by atoms with E-state index in [0.29, 0.717) is 17.0 Å². The van der Waals surface area contributed by atoms with Gasteiger partial charge in [0.2, 0.25) is 0 Å². The summed E-state index contributed by atoms with van der Waals surface area (Å²) in [6.07, 6.45) is 0. The Morgan fingerprint density at radius 3 is 2.44 bits per heavy atom.